The normalized spacial score (nSPS) is 12.0. The molecule has 0 amide bonds. The van der Waals surface area contributed by atoms with Crippen molar-refractivity contribution >= 4 is 103 Å². The predicted molar refractivity (Wildman–Crippen MR) is 213 cm³/mol. The molecule has 3 nitrogen and oxygen atoms in total. The molecule has 0 saturated carbocycles. The highest BCUT2D eigenvalue weighted by molar-refractivity contribution is 7.26. The fourth-order valence-corrected chi connectivity index (χ4v) is 9.09. The van der Waals surface area contributed by atoms with Crippen molar-refractivity contribution in [1.82, 2.24) is 4.57 Å². The quantitative estimate of drug-likeness (QED) is 0.188. The zero-order valence-corrected chi connectivity index (χ0v) is 27.7. The van der Waals surface area contributed by atoms with Crippen LogP contribution < -0.4 is 4.90 Å². The molecule has 0 saturated heterocycles. The third-order valence-electron chi connectivity index (χ3n) is 10.1. The van der Waals surface area contributed by atoms with E-state index in [0.717, 1.165) is 50.1 Å². The summed E-state index contributed by atoms with van der Waals surface area (Å²) in [5.41, 5.74) is 8.70. The number of rotatable bonds is 4. The number of hydrogen-bond acceptors (Lipinski definition) is 3. The van der Waals surface area contributed by atoms with Gasteiger partial charge in [-0.2, -0.15) is 0 Å². The van der Waals surface area contributed by atoms with Crippen molar-refractivity contribution in [1.29, 1.82) is 0 Å². The van der Waals surface area contributed by atoms with Crippen LogP contribution in [0.5, 0.6) is 0 Å². The zero-order valence-electron chi connectivity index (χ0n) is 26.9. The lowest BCUT2D eigenvalue weighted by atomic mass is 10.0. The lowest BCUT2D eigenvalue weighted by Gasteiger charge is -2.27. The largest absolute Gasteiger partial charge is 0.456 e. The highest BCUT2D eigenvalue weighted by Gasteiger charge is 2.21. The first-order chi connectivity index (χ1) is 24.8. The average molecular weight is 657 g/mol. The van der Waals surface area contributed by atoms with Gasteiger partial charge in [0.2, 0.25) is 0 Å². The molecule has 3 aromatic heterocycles. The summed E-state index contributed by atoms with van der Waals surface area (Å²) in [5, 5.41) is 9.67. The second-order valence-corrected chi connectivity index (χ2v) is 14.0. The fourth-order valence-electron chi connectivity index (χ4n) is 7.88. The maximum absolute atomic E-state index is 6.34. The second-order valence-electron chi connectivity index (χ2n) is 13.0. The Morgan fingerprint density at radius 2 is 1.16 bits per heavy atom. The van der Waals surface area contributed by atoms with Crippen molar-refractivity contribution in [2.45, 2.75) is 0 Å². The molecule has 0 aliphatic rings. The van der Waals surface area contributed by atoms with Crippen LogP contribution in [0.2, 0.25) is 0 Å². The highest BCUT2D eigenvalue weighted by Crippen LogP contribution is 2.46. The molecular formula is C46H28N2OS. The Kier molecular flexibility index (Phi) is 5.83. The van der Waals surface area contributed by atoms with Crippen LogP contribution in [0.15, 0.2) is 174 Å². The molecule has 0 spiro atoms. The van der Waals surface area contributed by atoms with Gasteiger partial charge in [0.15, 0.2) is 0 Å². The molecule has 4 heteroatoms. The summed E-state index contributed by atoms with van der Waals surface area (Å²) in [7, 11) is 0. The van der Waals surface area contributed by atoms with E-state index in [4.69, 9.17) is 4.42 Å². The van der Waals surface area contributed by atoms with Gasteiger partial charge in [-0.1, -0.05) is 97.1 Å². The molecule has 0 unspecified atom stereocenters. The van der Waals surface area contributed by atoms with Crippen LogP contribution in [0.1, 0.15) is 0 Å². The van der Waals surface area contributed by atoms with E-state index in [9.17, 15) is 0 Å². The lowest BCUT2D eigenvalue weighted by molar-refractivity contribution is 0.669. The summed E-state index contributed by atoms with van der Waals surface area (Å²) in [6.45, 7) is 0. The van der Waals surface area contributed by atoms with Crippen LogP contribution in [0.3, 0.4) is 0 Å². The number of benzene rings is 8. The molecule has 0 aliphatic carbocycles. The average Bonchev–Trinajstić information content (AvgIpc) is 3.84. The monoisotopic (exact) mass is 656 g/mol. The van der Waals surface area contributed by atoms with Gasteiger partial charge in [-0.15, -0.1) is 11.3 Å². The number of furan rings is 1. The molecule has 0 bridgehead atoms. The van der Waals surface area contributed by atoms with E-state index in [0.29, 0.717) is 0 Å². The van der Waals surface area contributed by atoms with Crippen LogP contribution in [0.4, 0.5) is 17.1 Å². The van der Waals surface area contributed by atoms with E-state index >= 15 is 0 Å². The Morgan fingerprint density at radius 3 is 2.08 bits per heavy atom. The van der Waals surface area contributed by atoms with Crippen LogP contribution in [0.25, 0.3) is 80.4 Å². The third-order valence-corrected chi connectivity index (χ3v) is 11.3. The topological polar surface area (TPSA) is 21.3 Å². The van der Waals surface area contributed by atoms with E-state index in [1.165, 1.54) is 47.4 Å². The number of aromatic nitrogens is 1. The number of fused-ring (bicyclic) bond motifs is 10. The van der Waals surface area contributed by atoms with Crippen molar-refractivity contribution in [2.24, 2.45) is 0 Å². The molecule has 3 heterocycles. The summed E-state index contributed by atoms with van der Waals surface area (Å²) in [5.74, 6) is 0. The van der Waals surface area contributed by atoms with Gasteiger partial charge < -0.3 is 13.9 Å². The maximum Gasteiger partial charge on any atom is 0.136 e. The van der Waals surface area contributed by atoms with E-state index in [-0.39, 0.29) is 0 Å². The molecule has 0 fully saturated rings. The summed E-state index contributed by atoms with van der Waals surface area (Å²) in [6.07, 6.45) is 0. The third kappa shape index (κ3) is 4.03. The molecule has 0 radical (unpaired) electrons. The van der Waals surface area contributed by atoms with Crippen molar-refractivity contribution in [2.75, 3.05) is 4.90 Å². The number of nitrogens with zero attached hydrogens (tertiary/aromatic N) is 2. The van der Waals surface area contributed by atoms with Crippen molar-refractivity contribution in [3.8, 4) is 5.69 Å². The Labute approximate surface area is 291 Å². The van der Waals surface area contributed by atoms with Gasteiger partial charge in [0.05, 0.1) is 21.4 Å². The first-order valence-electron chi connectivity index (χ1n) is 16.9. The minimum absolute atomic E-state index is 0.905. The van der Waals surface area contributed by atoms with Gasteiger partial charge in [0.1, 0.15) is 11.2 Å². The Balaban J connectivity index is 1.20. The van der Waals surface area contributed by atoms with Crippen LogP contribution >= 0.6 is 11.3 Å². The molecule has 11 aromatic rings. The van der Waals surface area contributed by atoms with Gasteiger partial charge in [-0.3, -0.25) is 0 Å². The van der Waals surface area contributed by atoms with Crippen molar-refractivity contribution in [3.63, 3.8) is 0 Å². The summed E-state index contributed by atoms with van der Waals surface area (Å²) < 4.78 is 11.3. The minimum atomic E-state index is 0.905. The van der Waals surface area contributed by atoms with Crippen LogP contribution in [-0.4, -0.2) is 4.57 Å². The first kappa shape index (κ1) is 27.6. The van der Waals surface area contributed by atoms with E-state index in [1.54, 1.807) is 0 Å². The van der Waals surface area contributed by atoms with Crippen molar-refractivity contribution < 1.29 is 4.42 Å². The molecule has 234 valence electrons. The standard InChI is InChI=1S/C46H28N2OS/c1-2-11-31(12-3-1)48-40-17-7-4-13-34(40)35-24-23-33(28-42(35)48)47(41-18-10-16-38-37-15-6-9-20-45(37)50-46(38)41)32-22-21-29-26-39-36-14-5-8-19-43(36)49-44(39)27-30(29)25-32/h1-28H. The Bertz CT molecular complexity index is 3110. The molecule has 50 heavy (non-hydrogen) atoms. The van der Waals surface area contributed by atoms with E-state index in [2.05, 4.69) is 167 Å². The Morgan fingerprint density at radius 1 is 0.440 bits per heavy atom. The lowest BCUT2D eigenvalue weighted by Crippen LogP contribution is -2.10. The number of thiophene rings is 1. The van der Waals surface area contributed by atoms with E-state index in [1.807, 2.05) is 23.5 Å². The summed E-state index contributed by atoms with van der Waals surface area (Å²) in [4.78, 5) is 2.44. The number of anilines is 3. The smallest absolute Gasteiger partial charge is 0.136 e. The van der Waals surface area contributed by atoms with Gasteiger partial charge in [-0.25, -0.2) is 0 Å². The van der Waals surface area contributed by atoms with Crippen molar-refractivity contribution in [3.05, 3.63) is 170 Å². The van der Waals surface area contributed by atoms with Gasteiger partial charge in [0.25, 0.3) is 0 Å². The maximum atomic E-state index is 6.34. The first-order valence-corrected chi connectivity index (χ1v) is 17.7. The zero-order chi connectivity index (χ0) is 32.8. The van der Waals surface area contributed by atoms with Gasteiger partial charge in [-0.05, 0) is 83.6 Å². The predicted octanol–water partition coefficient (Wildman–Crippen LogP) is 13.7. The van der Waals surface area contributed by atoms with Gasteiger partial charge in [0, 0.05) is 54.1 Å². The van der Waals surface area contributed by atoms with E-state index < -0.39 is 0 Å². The SMILES string of the molecule is c1ccc(-n2c3ccccc3c3ccc(N(c4ccc5cc6c(cc5c4)oc4ccccc46)c4cccc5c4sc4ccccc45)cc32)cc1. The molecule has 0 aliphatic heterocycles. The van der Waals surface area contributed by atoms with Crippen LogP contribution in [0, 0.1) is 0 Å². The molecule has 0 N–H and O–H groups in total. The molecular weight excluding hydrogens is 629 g/mol. The van der Waals surface area contributed by atoms with Crippen LogP contribution in [-0.2, 0) is 0 Å². The minimum Gasteiger partial charge on any atom is -0.456 e. The Hall–Kier alpha value is -6.36. The van der Waals surface area contributed by atoms with Gasteiger partial charge >= 0.3 is 0 Å². The number of hydrogen-bond donors (Lipinski definition) is 0. The fraction of sp³-hybridized carbons (Fsp3) is 0. The second kappa shape index (κ2) is 10.6. The summed E-state index contributed by atoms with van der Waals surface area (Å²) >= 11 is 1.86. The highest BCUT2D eigenvalue weighted by atomic mass is 32.1. The molecule has 8 aromatic carbocycles. The summed E-state index contributed by atoms with van der Waals surface area (Å²) in [6, 6.07) is 61.4. The number of para-hydroxylation sites is 3. The molecule has 0 atom stereocenters. The molecule has 11 rings (SSSR count).